The van der Waals surface area contributed by atoms with E-state index in [2.05, 4.69) is 5.10 Å². The average Bonchev–Trinajstić information content (AvgIpc) is 2.40. The van der Waals surface area contributed by atoms with Crippen LogP contribution in [-0.2, 0) is 0 Å². The minimum Gasteiger partial charge on any atom is -0.394 e. The molecule has 52 valence electrons. The topological polar surface area (TPSA) is 74.3 Å². The van der Waals surface area contributed by atoms with Crippen LogP contribution in [0, 0.1) is 0 Å². The molecule has 0 unspecified atom stereocenters. The van der Waals surface area contributed by atoms with E-state index in [0.717, 1.165) is 5.65 Å². The molecule has 0 aromatic carbocycles. The molecule has 0 saturated carbocycles. The summed E-state index contributed by atoms with van der Waals surface area (Å²) < 4.78 is 3.05. The van der Waals surface area contributed by atoms with Crippen LogP contribution in [0.25, 0.3) is 5.65 Å². The van der Waals surface area contributed by atoms with E-state index in [0.29, 0.717) is 5.69 Å². The molecule has 5 nitrogen and oxygen atoms in total. The zero-order chi connectivity index (χ0) is 7.14. The minimum absolute atomic E-state index is 0.590. The van der Waals surface area contributed by atoms with E-state index in [9.17, 15) is 0 Å². The van der Waals surface area contributed by atoms with Crippen LogP contribution in [0.3, 0.4) is 0 Å². The first-order valence-electron chi connectivity index (χ1n) is 2.84. The Hall–Kier alpha value is -1.65. The van der Waals surface area contributed by atoms with Crippen LogP contribution in [0.2, 0.25) is 0 Å². The first-order valence-corrected chi connectivity index (χ1v) is 2.84. The van der Waals surface area contributed by atoms with Crippen molar-refractivity contribution in [1.29, 1.82) is 0 Å². The largest absolute Gasteiger partial charge is 0.394 e. The first kappa shape index (κ1) is 5.16. The van der Waals surface area contributed by atoms with Crippen molar-refractivity contribution in [2.24, 2.45) is 0 Å². The molecule has 0 spiro atoms. The van der Waals surface area contributed by atoms with Crippen LogP contribution in [0.1, 0.15) is 0 Å². The average molecular weight is 137 g/mol. The lowest BCUT2D eigenvalue weighted by atomic mass is 10.6. The smallest absolute Gasteiger partial charge is 0.177 e. The zero-order valence-corrected chi connectivity index (χ0v) is 5.23. The fourth-order valence-electron chi connectivity index (χ4n) is 0.951. The number of rotatable bonds is 0. The van der Waals surface area contributed by atoms with Gasteiger partial charge in [-0.1, -0.05) is 0 Å². The van der Waals surface area contributed by atoms with Crippen molar-refractivity contribution in [2.75, 3.05) is 11.6 Å². The summed E-state index contributed by atoms with van der Waals surface area (Å²) in [4.78, 5) is 0. The molecule has 2 aromatic rings. The molecule has 0 fully saturated rings. The van der Waals surface area contributed by atoms with Crippen molar-refractivity contribution in [2.45, 2.75) is 0 Å². The summed E-state index contributed by atoms with van der Waals surface area (Å²) in [5, 5.41) is 3.93. The summed E-state index contributed by atoms with van der Waals surface area (Å²) in [6, 6.07) is 0. The Labute approximate surface area is 56.8 Å². The number of nitrogen functional groups attached to an aromatic ring is 2. The molecule has 0 atom stereocenters. The molecule has 0 aliphatic carbocycles. The van der Waals surface area contributed by atoms with E-state index >= 15 is 0 Å². The van der Waals surface area contributed by atoms with Gasteiger partial charge < -0.3 is 11.6 Å². The first-order chi connectivity index (χ1) is 4.79. The van der Waals surface area contributed by atoms with Gasteiger partial charge in [-0.05, 0) is 0 Å². The Balaban J connectivity index is 2.98. The number of hydrogen-bond donors (Lipinski definition) is 2. The van der Waals surface area contributed by atoms with Crippen molar-refractivity contribution < 1.29 is 0 Å². The van der Waals surface area contributed by atoms with Crippen LogP contribution in [-0.4, -0.2) is 14.3 Å². The van der Waals surface area contributed by atoms with E-state index in [1.165, 1.54) is 4.68 Å². The van der Waals surface area contributed by atoms with Gasteiger partial charge in [0.1, 0.15) is 0 Å². The van der Waals surface area contributed by atoms with Crippen LogP contribution >= 0.6 is 0 Å². The second-order valence-corrected chi connectivity index (χ2v) is 2.07. The number of fused-ring (bicyclic) bond motifs is 1. The Morgan fingerprint density at radius 3 is 2.90 bits per heavy atom. The predicted octanol–water partition coefficient (Wildman–Crippen LogP) is -0.568. The fourth-order valence-corrected chi connectivity index (χ4v) is 0.951. The molecule has 0 saturated heterocycles. The molecule has 10 heavy (non-hydrogen) atoms. The number of nitrogens with two attached hydrogens (primary N) is 2. The van der Waals surface area contributed by atoms with Gasteiger partial charge in [-0.15, -0.1) is 0 Å². The summed E-state index contributed by atoms with van der Waals surface area (Å²) in [6.45, 7) is 0. The van der Waals surface area contributed by atoms with Gasteiger partial charge in [-0.25, -0.2) is 9.19 Å². The highest BCUT2D eigenvalue weighted by Crippen LogP contribution is 2.09. The van der Waals surface area contributed by atoms with Gasteiger partial charge in [0.2, 0.25) is 0 Å². The molecule has 0 aliphatic heterocycles. The summed E-state index contributed by atoms with van der Waals surface area (Å²) in [5.41, 5.74) is 6.85. The molecule has 0 aliphatic rings. The number of nitrogens with zero attached hydrogens (tertiary/aromatic N) is 3. The van der Waals surface area contributed by atoms with Crippen molar-refractivity contribution in [3.8, 4) is 0 Å². The second-order valence-electron chi connectivity index (χ2n) is 2.07. The van der Waals surface area contributed by atoms with E-state index in [1.807, 2.05) is 0 Å². The molecular formula is C5H7N5. The van der Waals surface area contributed by atoms with E-state index < -0.39 is 0 Å². The lowest BCUT2D eigenvalue weighted by Gasteiger charge is -1.90. The maximum absolute atomic E-state index is 5.54. The highest BCUT2D eigenvalue weighted by molar-refractivity contribution is 5.64. The van der Waals surface area contributed by atoms with Crippen LogP contribution in [0.15, 0.2) is 18.6 Å². The SMILES string of the molecule is Nc1cnn2ccn(N)c12. The molecule has 0 bridgehead atoms. The van der Waals surface area contributed by atoms with Gasteiger partial charge in [0.15, 0.2) is 5.65 Å². The Morgan fingerprint density at radius 2 is 2.20 bits per heavy atom. The highest BCUT2D eigenvalue weighted by atomic mass is 15.4. The third kappa shape index (κ3) is 0.439. The number of hydrogen-bond acceptors (Lipinski definition) is 3. The van der Waals surface area contributed by atoms with Crippen LogP contribution in [0.4, 0.5) is 5.69 Å². The van der Waals surface area contributed by atoms with E-state index in [-0.39, 0.29) is 0 Å². The van der Waals surface area contributed by atoms with Crippen LogP contribution in [0.5, 0.6) is 0 Å². The van der Waals surface area contributed by atoms with Gasteiger partial charge >= 0.3 is 0 Å². The minimum atomic E-state index is 0.590. The van der Waals surface area contributed by atoms with Crippen LogP contribution < -0.4 is 11.6 Å². The maximum Gasteiger partial charge on any atom is 0.177 e. The van der Waals surface area contributed by atoms with E-state index in [4.69, 9.17) is 11.6 Å². The van der Waals surface area contributed by atoms with E-state index in [1.54, 1.807) is 23.1 Å². The van der Waals surface area contributed by atoms with Crippen molar-refractivity contribution in [1.82, 2.24) is 14.3 Å². The molecule has 0 radical (unpaired) electrons. The van der Waals surface area contributed by atoms with Gasteiger partial charge in [0.05, 0.1) is 11.9 Å². The van der Waals surface area contributed by atoms with Gasteiger partial charge in [-0.2, -0.15) is 5.10 Å². The fraction of sp³-hybridized carbons (Fsp3) is 0. The lowest BCUT2D eigenvalue weighted by molar-refractivity contribution is 0.959. The summed E-state index contributed by atoms with van der Waals surface area (Å²) in [5.74, 6) is 5.50. The van der Waals surface area contributed by atoms with Gasteiger partial charge in [0, 0.05) is 12.4 Å². The predicted molar refractivity (Wildman–Crippen MR) is 37.7 cm³/mol. The Kier molecular flexibility index (Phi) is 0.743. The van der Waals surface area contributed by atoms with Crippen molar-refractivity contribution in [3.05, 3.63) is 18.6 Å². The van der Waals surface area contributed by atoms with Crippen molar-refractivity contribution >= 4 is 11.3 Å². The molecule has 4 N–H and O–H groups in total. The molecule has 2 heterocycles. The third-order valence-corrected chi connectivity index (χ3v) is 1.41. The quantitative estimate of drug-likeness (QED) is 0.477. The monoisotopic (exact) mass is 137 g/mol. The molecular weight excluding hydrogens is 130 g/mol. The molecule has 0 amide bonds. The van der Waals surface area contributed by atoms with Gasteiger partial charge in [-0.3, -0.25) is 0 Å². The summed E-state index contributed by atoms with van der Waals surface area (Å²) >= 11 is 0. The maximum atomic E-state index is 5.54. The number of aromatic nitrogens is 3. The highest BCUT2D eigenvalue weighted by Gasteiger charge is 2.02. The van der Waals surface area contributed by atoms with Gasteiger partial charge in [0.25, 0.3) is 0 Å². The Morgan fingerprint density at radius 1 is 1.40 bits per heavy atom. The molecule has 2 aromatic heterocycles. The Bertz CT molecular complexity index is 325. The number of imidazole rings is 1. The number of anilines is 1. The zero-order valence-electron chi connectivity index (χ0n) is 5.23. The normalized spacial score (nSPS) is 10.8. The van der Waals surface area contributed by atoms with Crippen molar-refractivity contribution in [3.63, 3.8) is 0 Å². The summed E-state index contributed by atoms with van der Waals surface area (Å²) in [6.07, 6.45) is 5.00. The third-order valence-electron chi connectivity index (χ3n) is 1.41. The second kappa shape index (κ2) is 1.44. The molecule has 2 rings (SSSR count). The lowest BCUT2D eigenvalue weighted by Crippen LogP contribution is -2.06. The summed E-state index contributed by atoms with van der Waals surface area (Å²) in [7, 11) is 0. The standard InChI is InChI=1S/C5H7N5/c6-4-3-8-10-2-1-9(7)5(4)10/h1-3H,6-7H2. The molecule has 5 heteroatoms.